The summed E-state index contributed by atoms with van der Waals surface area (Å²) in [6.07, 6.45) is 0. The van der Waals surface area contributed by atoms with Gasteiger partial charge in [0.1, 0.15) is 0 Å². The van der Waals surface area contributed by atoms with Crippen LogP contribution in [-0.4, -0.2) is 4.57 Å². The Morgan fingerprint density at radius 2 is 0.889 bits per heavy atom. The molecule has 3 aliphatic rings. The highest BCUT2D eigenvalue weighted by Crippen LogP contribution is 2.63. The minimum atomic E-state index is -0.614. The molecular weight excluding hydrogens is 997 g/mol. The van der Waals surface area contributed by atoms with Crippen LogP contribution in [0.5, 0.6) is 0 Å². The Morgan fingerprint density at radius 1 is 0.321 bits per heavy atom. The molecule has 1 spiro atoms. The fraction of sp³-hybridized carbons (Fsp3) is 0.0256. The van der Waals surface area contributed by atoms with Crippen LogP contribution in [0.2, 0.25) is 0 Å². The first-order chi connectivity index (χ1) is 40.2. The zero-order chi connectivity index (χ0) is 53.0. The second-order valence-corrected chi connectivity index (χ2v) is 23.2. The molecule has 0 saturated carbocycles. The summed E-state index contributed by atoms with van der Waals surface area (Å²) < 4.78 is 5.17. The van der Waals surface area contributed by atoms with Gasteiger partial charge in [0.25, 0.3) is 0 Å². The summed E-state index contributed by atoms with van der Waals surface area (Å²) in [6, 6.07) is 110. The van der Waals surface area contributed by atoms with Crippen molar-refractivity contribution in [1.29, 1.82) is 0 Å². The molecule has 1 aliphatic heterocycles. The van der Waals surface area contributed by atoms with Crippen molar-refractivity contribution in [3.63, 3.8) is 0 Å². The van der Waals surface area contributed by atoms with E-state index < -0.39 is 10.8 Å². The van der Waals surface area contributed by atoms with Crippen LogP contribution in [0.4, 0.5) is 17.1 Å². The van der Waals surface area contributed by atoms with Gasteiger partial charge in [-0.3, -0.25) is 0 Å². The van der Waals surface area contributed by atoms with Gasteiger partial charge in [-0.2, -0.15) is 0 Å². The van der Waals surface area contributed by atoms with Crippen LogP contribution in [0, 0.1) is 0 Å². The number of para-hydroxylation sites is 3. The maximum absolute atomic E-state index is 2.55. The van der Waals surface area contributed by atoms with Crippen LogP contribution in [-0.2, 0) is 10.8 Å². The van der Waals surface area contributed by atoms with E-state index in [2.05, 4.69) is 301 Å². The van der Waals surface area contributed by atoms with Crippen molar-refractivity contribution in [2.75, 3.05) is 4.90 Å². The lowest BCUT2D eigenvalue weighted by Crippen LogP contribution is -2.33. The van der Waals surface area contributed by atoms with E-state index in [1.54, 1.807) is 0 Å². The Hall–Kier alpha value is -10.1. The molecule has 1 unspecified atom stereocenters. The first-order valence-corrected chi connectivity index (χ1v) is 29.0. The number of aromatic nitrogens is 1. The third-order valence-electron chi connectivity index (χ3n) is 18.5. The summed E-state index contributed by atoms with van der Waals surface area (Å²) in [4.78, 5) is 2.54. The fourth-order valence-corrected chi connectivity index (χ4v) is 16.5. The van der Waals surface area contributed by atoms with Crippen molar-refractivity contribution in [3.8, 4) is 39.1 Å². The molecule has 0 fully saturated rings. The number of nitrogens with zero attached hydrogens (tertiary/aromatic N) is 2. The Kier molecular flexibility index (Phi) is 9.27. The molecule has 0 amide bonds. The number of hydrogen-bond donors (Lipinski definition) is 0. The molecule has 0 N–H and O–H groups in total. The average Bonchev–Trinajstić information content (AvgIpc) is 3.49. The minimum Gasteiger partial charge on any atom is -0.310 e. The van der Waals surface area contributed by atoms with Crippen LogP contribution in [0.1, 0.15) is 44.5 Å². The molecule has 0 saturated heterocycles. The van der Waals surface area contributed by atoms with Gasteiger partial charge in [-0.05, 0) is 143 Å². The molecule has 3 heteroatoms. The molecule has 18 rings (SSSR count). The Labute approximate surface area is 473 Å². The maximum atomic E-state index is 2.55. The molecule has 81 heavy (non-hydrogen) atoms. The highest BCUT2D eigenvalue weighted by molar-refractivity contribution is 7.26. The molecule has 0 radical (unpaired) electrons. The minimum absolute atomic E-state index is 0.613. The number of rotatable bonds is 6. The van der Waals surface area contributed by atoms with Crippen molar-refractivity contribution in [3.05, 3.63) is 336 Å². The van der Waals surface area contributed by atoms with Gasteiger partial charge in [0.15, 0.2) is 0 Å². The number of benzene rings is 13. The van der Waals surface area contributed by atoms with Gasteiger partial charge >= 0.3 is 0 Å². The van der Waals surface area contributed by atoms with E-state index in [1.165, 1.54) is 136 Å². The SMILES string of the molecule is c1ccc(C2(c3ccccc3)c3cc(N(c4ccc(-c5cccc6c5sc5ccccc56)cc4)c4ccc5c(c4)C4(c6ccccc6-5)c5ccccc5-n5c6ccccc6c6cccc4c65)ccc3-c3c2ccc2ccccc32)cc1. The maximum Gasteiger partial charge on any atom is 0.0755 e. The smallest absolute Gasteiger partial charge is 0.0755 e. The van der Waals surface area contributed by atoms with Gasteiger partial charge in [-0.15, -0.1) is 11.3 Å². The number of hydrogen-bond acceptors (Lipinski definition) is 2. The molecule has 2 aliphatic carbocycles. The topological polar surface area (TPSA) is 8.17 Å². The van der Waals surface area contributed by atoms with E-state index >= 15 is 0 Å². The molecule has 376 valence electrons. The van der Waals surface area contributed by atoms with Gasteiger partial charge < -0.3 is 9.47 Å². The van der Waals surface area contributed by atoms with E-state index in [9.17, 15) is 0 Å². The lowest BCUT2D eigenvalue weighted by atomic mass is 9.65. The standard InChI is InChI=1S/C78H48N2S/c1-3-20-51(21-4-1)77(52-22-5-2-6-23-52)67-46-39-49-19-7-8-24-56(49)74(67)64-45-43-55(48-70(64)77)79(53-40-37-50(38-41-53)57-28-17-30-63-61-27-11-16-36-73(61)81-76(57)63)54-42-44-59-58-25-9-12-31-65(58)78(69(59)47-54)66-32-13-15-35-72(66)80-71-34-14-10-26-60(71)62-29-18-33-68(78)75(62)80/h1-48H. The van der Waals surface area contributed by atoms with E-state index in [1.807, 2.05) is 11.3 Å². The van der Waals surface area contributed by atoms with Gasteiger partial charge in [-0.1, -0.05) is 237 Å². The molecule has 1 atom stereocenters. The van der Waals surface area contributed by atoms with Crippen molar-refractivity contribution >= 4 is 81.1 Å². The summed E-state index contributed by atoms with van der Waals surface area (Å²) in [6.45, 7) is 0. The molecular formula is C78H48N2S. The lowest BCUT2D eigenvalue weighted by molar-refractivity contribution is 0.748. The van der Waals surface area contributed by atoms with E-state index in [0.29, 0.717) is 0 Å². The largest absolute Gasteiger partial charge is 0.310 e. The first-order valence-electron chi connectivity index (χ1n) is 28.2. The third kappa shape index (κ3) is 5.90. The van der Waals surface area contributed by atoms with Crippen molar-refractivity contribution in [2.45, 2.75) is 10.8 Å². The summed E-state index contributed by atoms with van der Waals surface area (Å²) in [5.74, 6) is 0. The molecule has 0 bridgehead atoms. The summed E-state index contributed by atoms with van der Waals surface area (Å²) in [7, 11) is 0. The van der Waals surface area contributed by atoms with Crippen molar-refractivity contribution in [1.82, 2.24) is 4.57 Å². The van der Waals surface area contributed by atoms with Crippen LogP contribution < -0.4 is 4.90 Å². The predicted octanol–water partition coefficient (Wildman–Crippen LogP) is 20.5. The normalized spacial score (nSPS) is 15.1. The van der Waals surface area contributed by atoms with Gasteiger partial charge in [0.2, 0.25) is 0 Å². The fourth-order valence-electron chi connectivity index (χ4n) is 15.3. The highest BCUT2D eigenvalue weighted by Gasteiger charge is 2.52. The van der Waals surface area contributed by atoms with Gasteiger partial charge in [0.05, 0.1) is 27.6 Å². The zero-order valence-electron chi connectivity index (χ0n) is 44.0. The molecule has 15 aromatic rings. The Bertz CT molecular complexity index is 5080. The monoisotopic (exact) mass is 1040 g/mol. The molecule has 2 aromatic heterocycles. The van der Waals surface area contributed by atoms with Gasteiger partial charge in [0, 0.05) is 48.0 Å². The average molecular weight is 1050 g/mol. The zero-order valence-corrected chi connectivity index (χ0v) is 44.8. The molecule has 2 nitrogen and oxygen atoms in total. The van der Waals surface area contributed by atoms with E-state index in [0.717, 1.165) is 17.1 Å². The first kappa shape index (κ1) is 44.9. The predicted molar refractivity (Wildman–Crippen MR) is 339 cm³/mol. The van der Waals surface area contributed by atoms with Crippen molar-refractivity contribution < 1.29 is 0 Å². The summed E-state index contributed by atoms with van der Waals surface area (Å²) in [5.41, 5.74) is 23.6. The second-order valence-electron chi connectivity index (χ2n) is 22.2. The number of fused-ring (bicyclic) bond motifs is 20. The third-order valence-corrected chi connectivity index (χ3v) is 19.7. The second kappa shape index (κ2) is 16.7. The van der Waals surface area contributed by atoms with E-state index in [-0.39, 0.29) is 0 Å². The van der Waals surface area contributed by atoms with Crippen LogP contribution in [0.25, 0.3) is 91.8 Å². The summed E-state index contributed by atoms with van der Waals surface area (Å²) in [5, 5.41) is 7.67. The summed E-state index contributed by atoms with van der Waals surface area (Å²) >= 11 is 1.89. The number of anilines is 3. The Balaban J connectivity index is 0.915. The highest BCUT2D eigenvalue weighted by atomic mass is 32.1. The van der Waals surface area contributed by atoms with Crippen LogP contribution in [0.15, 0.2) is 291 Å². The molecule has 13 aromatic carbocycles. The molecule has 3 heterocycles. The van der Waals surface area contributed by atoms with Crippen LogP contribution >= 0.6 is 11.3 Å². The van der Waals surface area contributed by atoms with Crippen molar-refractivity contribution in [2.24, 2.45) is 0 Å². The quantitative estimate of drug-likeness (QED) is 0.161. The van der Waals surface area contributed by atoms with Gasteiger partial charge in [-0.25, -0.2) is 0 Å². The number of thiophene rings is 1. The Morgan fingerprint density at radius 3 is 1.69 bits per heavy atom. The van der Waals surface area contributed by atoms with Crippen LogP contribution in [0.3, 0.4) is 0 Å². The van der Waals surface area contributed by atoms with E-state index in [4.69, 9.17) is 0 Å². The lowest BCUT2D eigenvalue weighted by Gasteiger charge is -2.40.